The summed E-state index contributed by atoms with van der Waals surface area (Å²) in [6.07, 6.45) is 0. The average Bonchev–Trinajstić information content (AvgIpc) is 3.28. The maximum atomic E-state index is 13.0. The molecule has 0 bridgehead atoms. The van der Waals surface area contributed by atoms with Crippen LogP contribution in [0.5, 0.6) is 5.75 Å². The van der Waals surface area contributed by atoms with Crippen LogP contribution >= 0.6 is 0 Å². The van der Waals surface area contributed by atoms with Gasteiger partial charge >= 0.3 is 0 Å². The first-order valence-corrected chi connectivity index (χ1v) is 9.98. The van der Waals surface area contributed by atoms with E-state index in [1.807, 2.05) is 24.3 Å². The zero-order valence-corrected chi connectivity index (χ0v) is 17.5. The maximum absolute atomic E-state index is 13.0. The van der Waals surface area contributed by atoms with Gasteiger partial charge in [0.2, 0.25) is 5.91 Å². The van der Waals surface area contributed by atoms with Crippen molar-refractivity contribution in [3.8, 4) is 5.75 Å². The second-order valence-electron chi connectivity index (χ2n) is 7.73. The van der Waals surface area contributed by atoms with Crippen molar-refractivity contribution in [2.75, 3.05) is 23.9 Å². The van der Waals surface area contributed by atoms with E-state index in [-0.39, 0.29) is 12.5 Å². The molecule has 160 valence electrons. The lowest BCUT2D eigenvalue weighted by atomic mass is 10.0. The number of hydrogen-bond acceptors (Lipinski definition) is 7. The number of nitrogens with one attached hydrogen (secondary N) is 1. The third kappa shape index (κ3) is 3.86. The van der Waals surface area contributed by atoms with Gasteiger partial charge in [-0.25, -0.2) is 4.90 Å². The number of nitrogens with zero attached hydrogens (tertiary/aromatic N) is 4. The van der Waals surface area contributed by atoms with Gasteiger partial charge in [-0.1, -0.05) is 31.2 Å². The summed E-state index contributed by atoms with van der Waals surface area (Å²) < 4.78 is 5.11. The predicted molar refractivity (Wildman–Crippen MR) is 114 cm³/mol. The van der Waals surface area contributed by atoms with Gasteiger partial charge in [0.1, 0.15) is 12.3 Å². The van der Waals surface area contributed by atoms with E-state index >= 15 is 0 Å². The van der Waals surface area contributed by atoms with Crippen molar-refractivity contribution in [3.63, 3.8) is 0 Å². The minimum absolute atomic E-state index is 0.188. The number of hydrogen-bond donors (Lipinski definition) is 1. The van der Waals surface area contributed by atoms with E-state index in [9.17, 15) is 14.4 Å². The van der Waals surface area contributed by atoms with Crippen molar-refractivity contribution < 1.29 is 19.1 Å². The van der Waals surface area contributed by atoms with Crippen molar-refractivity contribution in [2.45, 2.75) is 31.8 Å². The number of benzene rings is 2. The third-order valence-electron chi connectivity index (χ3n) is 5.36. The molecule has 2 aromatic rings. The quantitative estimate of drug-likeness (QED) is 0.723. The second kappa shape index (κ2) is 8.17. The highest BCUT2D eigenvalue weighted by atomic mass is 16.5. The Balaban J connectivity index is 1.44. The van der Waals surface area contributed by atoms with Crippen LogP contribution in [0, 0.1) is 0 Å². The van der Waals surface area contributed by atoms with E-state index < -0.39 is 23.9 Å². The number of amides is 3. The Morgan fingerprint density at radius 3 is 2.35 bits per heavy atom. The molecule has 2 aliphatic rings. The standard InChI is InChI=1S/C22H23N5O4/c1-13(2)14-4-6-15(7-5-14)23-18(28)12-26-20-19(24-25-26)21(29)27(22(20)30)16-8-10-17(31-3)11-9-16/h4-11,13,19-20H,12H2,1-3H3,(H,23,28)/t19-,20-/m1/s1. The molecule has 2 heterocycles. The Labute approximate surface area is 179 Å². The van der Waals surface area contributed by atoms with Gasteiger partial charge in [0.05, 0.1) is 12.8 Å². The molecule has 3 amide bonds. The summed E-state index contributed by atoms with van der Waals surface area (Å²) in [6, 6.07) is 12.3. The number of anilines is 2. The summed E-state index contributed by atoms with van der Waals surface area (Å²) in [4.78, 5) is 39.3. The van der Waals surface area contributed by atoms with Gasteiger partial charge in [-0.15, -0.1) is 0 Å². The van der Waals surface area contributed by atoms with Crippen molar-refractivity contribution in [3.05, 3.63) is 54.1 Å². The molecule has 2 atom stereocenters. The molecule has 0 unspecified atom stereocenters. The van der Waals surface area contributed by atoms with E-state index in [2.05, 4.69) is 29.5 Å². The molecule has 0 aromatic heterocycles. The molecule has 9 nitrogen and oxygen atoms in total. The molecule has 2 aromatic carbocycles. The Kier molecular flexibility index (Phi) is 5.41. The number of carbonyl (C=O) groups excluding carboxylic acids is 3. The second-order valence-corrected chi connectivity index (χ2v) is 7.73. The topological polar surface area (TPSA) is 104 Å². The number of ether oxygens (including phenoxy) is 1. The smallest absolute Gasteiger partial charge is 0.263 e. The Hall–Kier alpha value is -3.75. The van der Waals surface area contributed by atoms with Crippen molar-refractivity contribution in [2.24, 2.45) is 10.3 Å². The van der Waals surface area contributed by atoms with Crippen molar-refractivity contribution >= 4 is 29.1 Å². The number of rotatable bonds is 6. The van der Waals surface area contributed by atoms with Crippen LogP contribution in [0.25, 0.3) is 0 Å². The number of fused-ring (bicyclic) bond motifs is 1. The molecule has 1 N–H and O–H groups in total. The Bertz CT molecular complexity index is 1030. The van der Waals surface area contributed by atoms with E-state index in [1.54, 1.807) is 24.3 Å². The van der Waals surface area contributed by atoms with Gasteiger partial charge in [0.15, 0.2) is 12.1 Å². The summed E-state index contributed by atoms with van der Waals surface area (Å²) in [5.74, 6) is -0.260. The van der Waals surface area contributed by atoms with Crippen LogP contribution in [0.15, 0.2) is 58.9 Å². The monoisotopic (exact) mass is 421 g/mol. The fourth-order valence-corrected chi connectivity index (χ4v) is 3.64. The Morgan fingerprint density at radius 1 is 1.06 bits per heavy atom. The van der Waals surface area contributed by atoms with Gasteiger partial charge in [0, 0.05) is 5.69 Å². The van der Waals surface area contributed by atoms with Crippen LogP contribution in [0.3, 0.4) is 0 Å². The molecule has 0 saturated carbocycles. The Morgan fingerprint density at radius 2 is 1.74 bits per heavy atom. The summed E-state index contributed by atoms with van der Waals surface area (Å²) in [7, 11) is 1.54. The minimum atomic E-state index is -0.951. The zero-order chi connectivity index (χ0) is 22.1. The van der Waals surface area contributed by atoms with Crippen LogP contribution in [0.1, 0.15) is 25.3 Å². The largest absolute Gasteiger partial charge is 0.497 e. The maximum Gasteiger partial charge on any atom is 0.263 e. The van der Waals surface area contributed by atoms with Gasteiger partial charge < -0.3 is 10.1 Å². The van der Waals surface area contributed by atoms with Crippen LogP contribution in [0.4, 0.5) is 11.4 Å². The first-order chi connectivity index (χ1) is 14.9. The molecule has 1 saturated heterocycles. The van der Waals surface area contributed by atoms with Crippen LogP contribution in [-0.4, -0.2) is 48.5 Å². The lowest BCUT2D eigenvalue weighted by Crippen LogP contribution is -2.43. The highest BCUT2D eigenvalue weighted by Gasteiger charge is 2.55. The molecule has 1 fully saturated rings. The first kappa shape index (κ1) is 20.5. The number of imide groups is 1. The van der Waals surface area contributed by atoms with E-state index in [4.69, 9.17) is 4.74 Å². The zero-order valence-electron chi connectivity index (χ0n) is 17.5. The molecular weight excluding hydrogens is 398 g/mol. The van der Waals surface area contributed by atoms with Crippen molar-refractivity contribution in [1.29, 1.82) is 0 Å². The van der Waals surface area contributed by atoms with Crippen LogP contribution < -0.4 is 15.0 Å². The highest BCUT2D eigenvalue weighted by molar-refractivity contribution is 6.25. The van der Waals surface area contributed by atoms with Gasteiger partial charge in [-0.3, -0.25) is 19.4 Å². The third-order valence-corrected chi connectivity index (χ3v) is 5.36. The highest BCUT2D eigenvalue weighted by Crippen LogP contribution is 2.32. The van der Waals surface area contributed by atoms with Gasteiger partial charge in [-0.2, -0.15) is 5.11 Å². The summed E-state index contributed by atoms with van der Waals surface area (Å²) in [5, 5.41) is 11.9. The number of carbonyl (C=O) groups is 3. The fourth-order valence-electron chi connectivity index (χ4n) is 3.64. The molecule has 0 aliphatic carbocycles. The first-order valence-electron chi connectivity index (χ1n) is 9.98. The molecule has 4 rings (SSSR count). The lowest BCUT2D eigenvalue weighted by Gasteiger charge is -2.20. The molecule has 0 spiro atoms. The summed E-state index contributed by atoms with van der Waals surface area (Å²) in [5.41, 5.74) is 2.24. The van der Waals surface area contributed by atoms with E-state index in [0.29, 0.717) is 23.0 Å². The molecular formula is C22H23N5O4. The lowest BCUT2D eigenvalue weighted by molar-refractivity contribution is -0.123. The summed E-state index contributed by atoms with van der Waals surface area (Å²) in [6.45, 7) is 4.00. The fraction of sp³-hybridized carbons (Fsp3) is 0.318. The SMILES string of the molecule is COc1ccc(N2C(=O)[C@@H]3N=NN(CC(=O)Nc4ccc(C(C)C)cc4)[C@H]3C2=O)cc1. The van der Waals surface area contributed by atoms with Gasteiger partial charge in [0.25, 0.3) is 11.8 Å². The minimum Gasteiger partial charge on any atom is -0.497 e. The number of methoxy groups -OCH3 is 1. The molecule has 31 heavy (non-hydrogen) atoms. The normalized spacial score (nSPS) is 19.9. The molecule has 0 radical (unpaired) electrons. The molecule has 2 aliphatic heterocycles. The summed E-state index contributed by atoms with van der Waals surface area (Å²) >= 11 is 0. The van der Waals surface area contributed by atoms with Crippen LogP contribution in [-0.2, 0) is 14.4 Å². The predicted octanol–water partition coefficient (Wildman–Crippen LogP) is 2.75. The average molecular weight is 421 g/mol. The van der Waals surface area contributed by atoms with Crippen molar-refractivity contribution in [1.82, 2.24) is 5.01 Å². The van der Waals surface area contributed by atoms with Crippen LogP contribution in [0.2, 0.25) is 0 Å². The van der Waals surface area contributed by atoms with E-state index in [1.165, 1.54) is 17.7 Å². The van der Waals surface area contributed by atoms with E-state index in [0.717, 1.165) is 4.90 Å². The van der Waals surface area contributed by atoms with Gasteiger partial charge in [-0.05, 0) is 47.9 Å². The molecule has 9 heteroatoms.